The van der Waals surface area contributed by atoms with Gasteiger partial charge in [0.25, 0.3) is 0 Å². The average Bonchev–Trinajstić information content (AvgIpc) is 2.46. The Morgan fingerprint density at radius 1 is 1.29 bits per heavy atom. The number of benzene rings is 1. The van der Waals surface area contributed by atoms with Gasteiger partial charge in [0.15, 0.2) is 0 Å². The summed E-state index contributed by atoms with van der Waals surface area (Å²) >= 11 is 0. The third kappa shape index (κ3) is 4.73. The second-order valence-corrected chi connectivity index (χ2v) is 7.91. The monoisotopic (exact) mass is 328 g/mol. The first-order valence-electron chi connectivity index (χ1n) is 8.47. The molecular weight excluding hydrogens is 300 g/mol. The minimum atomic E-state index is -0.522. The first-order valence-corrected chi connectivity index (χ1v) is 8.47. The van der Waals surface area contributed by atoms with Gasteiger partial charge in [-0.25, -0.2) is 0 Å². The molecule has 0 spiro atoms. The smallest absolute Gasteiger partial charge is 0.316 e. The van der Waals surface area contributed by atoms with Gasteiger partial charge in [-0.15, -0.1) is 0 Å². The Bertz CT molecular complexity index is 673. The van der Waals surface area contributed by atoms with Gasteiger partial charge in [0.05, 0.1) is 5.41 Å². The van der Waals surface area contributed by atoms with E-state index < -0.39 is 5.41 Å². The normalized spacial score (nSPS) is 19.2. The fourth-order valence-electron chi connectivity index (χ4n) is 2.41. The van der Waals surface area contributed by atoms with Crippen LogP contribution in [0.1, 0.15) is 59.9 Å². The van der Waals surface area contributed by atoms with E-state index in [0.717, 1.165) is 24.2 Å². The Kier molecular flexibility index (Phi) is 5.22. The Hall–Kier alpha value is -2.03. The molecule has 1 aliphatic heterocycles. The maximum Gasteiger partial charge on any atom is 0.316 e. The van der Waals surface area contributed by atoms with Gasteiger partial charge in [-0.2, -0.15) is 0 Å². The van der Waals surface area contributed by atoms with Gasteiger partial charge in [-0.3, -0.25) is 4.79 Å². The molecular formula is C21H28O3. The van der Waals surface area contributed by atoms with E-state index in [1.54, 1.807) is 6.07 Å². The zero-order valence-electron chi connectivity index (χ0n) is 15.6. The molecule has 0 fully saturated rings. The highest BCUT2D eigenvalue weighted by Crippen LogP contribution is 2.36. The predicted molar refractivity (Wildman–Crippen MR) is 98.3 cm³/mol. The molecule has 3 nitrogen and oxygen atoms in total. The number of carbonyl (C=O) groups excluding carboxylic acids is 1. The third-order valence-electron chi connectivity index (χ3n) is 3.96. The third-order valence-corrected chi connectivity index (χ3v) is 3.96. The second-order valence-electron chi connectivity index (χ2n) is 7.91. The van der Waals surface area contributed by atoms with Crippen LogP contribution < -0.4 is 9.47 Å². The van der Waals surface area contributed by atoms with Crippen LogP contribution in [0.25, 0.3) is 6.08 Å². The number of ether oxygens (including phenoxy) is 2. The lowest BCUT2D eigenvalue weighted by atomic mass is 9.94. The van der Waals surface area contributed by atoms with E-state index in [-0.39, 0.29) is 11.6 Å². The van der Waals surface area contributed by atoms with Gasteiger partial charge >= 0.3 is 5.97 Å². The highest BCUT2D eigenvalue weighted by molar-refractivity contribution is 5.78. The number of fused-ring (bicyclic) bond motifs is 1. The van der Waals surface area contributed by atoms with E-state index in [0.29, 0.717) is 5.75 Å². The van der Waals surface area contributed by atoms with Crippen LogP contribution in [0.15, 0.2) is 35.9 Å². The fourth-order valence-corrected chi connectivity index (χ4v) is 2.41. The van der Waals surface area contributed by atoms with E-state index in [4.69, 9.17) is 9.47 Å². The number of hydrogen-bond acceptors (Lipinski definition) is 3. The maximum absolute atomic E-state index is 12.0. The van der Waals surface area contributed by atoms with Crippen LogP contribution in [0, 0.1) is 5.41 Å². The summed E-state index contributed by atoms with van der Waals surface area (Å²) in [7, 11) is 0. The summed E-state index contributed by atoms with van der Waals surface area (Å²) in [4.78, 5) is 12.0. The number of esters is 1. The zero-order valence-corrected chi connectivity index (χ0v) is 15.6. The van der Waals surface area contributed by atoms with E-state index in [1.165, 1.54) is 5.57 Å². The van der Waals surface area contributed by atoms with E-state index >= 15 is 0 Å². The first kappa shape index (κ1) is 18.3. The van der Waals surface area contributed by atoms with Gasteiger partial charge in [-0.1, -0.05) is 17.7 Å². The predicted octanol–water partition coefficient (Wildman–Crippen LogP) is 5.55. The summed E-state index contributed by atoms with van der Waals surface area (Å²) in [5.74, 6) is 1.14. The van der Waals surface area contributed by atoms with Crippen molar-refractivity contribution >= 4 is 12.0 Å². The summed E-state index contributed by atoms with van der Waals surface area (Å²) < 4.78 is 11.6. The van der Waals surface area contributed by atoms with Crippen molar-refractivity contribution in [3.05, 3.63) is 41.5 Å². The maximum atomic E-state index is 12.0. The number of hydrogen-bond donors (Lipinski definition) is 0. The highest BCUT2D eigenvalue weighted by atomic mass is 16.5. The summed E-state index contributed by atoms with van der Waals surface area (Å²) in [5.41, 5.74) is 1.44. The van der Waals surface area contributed by atoms with Crippen molar-refractivity contribution in [1.82, 2.24) is 0 Å². The summed E-state index contributed by atoms with van der Waals surface area (Å²) in [5, 5.41) is 0. The molecule has 130 valence electrons. The molecule has 24 heavy (non-hydrogen) atoms. The minimum absolute atomic E-state index is 0.241. The van der Waals surface area contributed by atoms with Crippen molar-refractivity contribution in [2.45, 2.75) is 60.0 Å². The molecule has 0 amide bonds. The topological polar surface area (TPSA) is 35.5 Å². The quantitative estimate of drug-likeness (QED) is 0.413. The average molecular weight is 328 g/mol. The molecule has 1 unspecified atom stereocenters. The molecule has 1 heterocycles. The van der Waals surface area contributed by atoms with Crippen LogP contribution in [-0.4, -0.2) is 11.6 Å². The number of carbonyl (C=O) groups is 1. The lowest BCUT2D eigenvalue weighted by molar-refractivity contribution is -0.143. The van der Waals surface area contributed by atoms with E-state index in [1.807, 2.05) is 32.9 Å². The summed E-state index contributed by atoms with van der Waals surface area (Å²) in [6, 6.07) is 5.52. The van der Waals surface area contributed by atoms with Crippen LogP contribution in [0.5, 0.6) is 11.5 Å². The standard InChI is InChI=1S/C21H28O3/c1-15(2)8-7-12-21(6)13-11-16-14-17(9-10-18(16)24-21)23-19(22)20(3,4)5/h8-11,13-14H,7,12H2,1-6H3. The number of allylic oxidation sites excluding steroid dienone is 2. The van der Waals surface area contributed by atoms with Crippen molar-refractivity contribution in [1.29, 1.82) is 0 Å². The summed E-state index contributed by atoms with van der Waals surface area (Å²) in [6.45, 7) is 11.8. The van der Waals surface area contributed by atoms with Crippen LogP contribution in [-0.2, 0) is 4.79 Å². The molecule has 1 aromatic carbocycles. The number of rotatable bonds is 4. The molecule has 0 aliphatic carbocycles. The Labute approximate surface area is 145 Å². The Morgan fingerprint density at radius 3 is 2.62 bits per heavy atom. The molecule has 0 radical (unpaired) electrons. The zero-order chi connectivity index (χ0) is 18.0. The molecule has 1 atom stereocenters. The lowest BCUT2D eigenvalue weighted by Gasteiger charge is -2.31. The lowest BCUT2D eigenvalue weighted by Crippen LogP contribution is -2.31. The summed E-state index contributed by atoms with van der Waals surface area (Å²) in [6.07, 6.45) is 8.28. The molecule has 0 saturated heterocycles. The van der Waals surface area contributed by atoms with Crippen molar-refractivity contribution in [2.75, 3.05) is 0 Å². The van der Waals surface area contributed by atoms with Gasteiger partial charge in [-0.05, 0) is 78.7 Å². The Balaban J connectivity index is 2.10. The molecule has 0 aromatic heterocycles. The first-order chi connectivity index (χ1) is 11.1. The van der Waals surface area contributed by atoms with Crippen LogP contribution >= 0.6 is 0 Å². The molecule has 3 heteroatoms. The SMILES string of the molecule is CC(C)=CCCC1(C)C=Cc2cc(OC(=O)C(C)(C)C)ccc2O1. The van der Waals surface area contributed by atoms with Gasteiger partial charge in [0, 0.05) is 5.56 Å². The van der Waals surface area contributed by atoms with Gasteiger partial charge < -0.3 is 9.47 Å². The molecule has 1 aromatic rings. The van der Waals surface area contributed by atoms with E-state index in [2.05, 4.69) is 39.0 Å². The highest BCUT2D eigenvalue weighted by Gasteiger charge is 2.28. The van der Waals surface area contributed by atoms with Gasteiger partial charge in [0.1, 0.15) is 17.1 Å². The molecule has 2 rings (SSSR count). The Morgan fingerprint density at radius 2 is 2.00 bits per heavy atom. The van der Waals surface area contributed by atoms with E-state index in [9.17, 15) is 4.79 Å². The fraction of sp³-hybridized carbons (Fsp3) is 0.476. The molecule has 1 aliphatic rings. The van der Waals surface area contributed by atoms with Crippen molar-refractivity contribution in [3.8, 4) is 11.5 Å². The van der Waals surface area contributed by atoms with Crippen molar-refractivity contribution in [2.24, 2.45) is 5.41 Å². The molecule has 0 bridgehead atoms. The van der Waals surface area contributed by atoms with Gasteiger partial charge in [0.2, 0.25) is 0 Å². The van der Waals surface area contributed by atoms with Crippen molar-refractivity contribution < 1.29 is 14.3 Å². The molecule has 0 N–H and O–H groups in total. The van der Waals surface area contributed by atoms with Crippen LogP contribution in [0.4, 0.5) is 0 Å². The van der Waals surface area contributed by atoms with Crippen LogP contribution in [0.2, 0.25) is 0 Å². The minimum Gasteiger partial charge on any atom is -0.483 e. The van der Waals surface area contributed by atoms with Crippen LogP contribution in [0.3, 0.4) is 0 Å². The molecule has 0 saturated carbocycles. The largest absolute Gasteiger partial charge is 0.483 e. The second kappa shape index (κ2) is 6.84. The van der Waals surface area contributed by atoms with Crippen molar-refractivity contribution in [3.63, 3.8) is 0 Å².